The minimum absolute atomic E-state index is 0.152. The van der Waals surface area contributed by atoms with Gasteiger partial charge in [-0.15, -0.1) is 0 Å². The maximum Gasteiger partial charge on any atom is 0.223 e. The summed E-state index contributed by atoms with van der Waals surface area (Å²) in [4.78, 5) is 12.3. The molecule has 0 radical (unpaired) electrons. The third-order valence-electron chi connectivity index (χ3n) is 4.67. The molecule has 0 heterocycles. The lowest BCUT2D eigenvalue weighted by Gasteiger charge is -2.33. The molecule has 0 aliphatic heterocycles. The second kappa shape index (κ2) is 6.53. The van der Waals surface area contributed by atoms with Gasteiger partial charge in [-0.25, -0.2) is 0 Å². The van der Waals surface area contributed by atoms with E-state index >= 15 is 0 Å². The van der Waals surface area contributed by atoms with E-state index in [2.05, 4.69) is 5.32 Å². The summed E-state index contributed by atoms with van der Waals surface area (Å²) in [5.41, 5.74) is 11.7. The first kappa shape index (κ1) is 13.8. The molecule has 2 unspecified atom stereocenters. The normalized spacial score (nSPS) is 37.2. The predicted octanol–water partition coefficient (Wildman–Crippen LogP) is 1.14. The molecular weight excluding hydrogens is 226 g/mol. The summed E-state index contributed by atoms with van der Waals surface area (Å²) in [6, 6.07) is 0.683. The third kappa shape index (κ3) is 3.45. The van der Waals surface area contributed by atoms with E-state index in [1.807, 2.05) is 0 Å². The van der Waals surface area contributed by atoms with Crippen molar-refractivity contribution in [2.24, 2.45) is 23.3 Å². The summed E-state index contributed by atoms with van der Waals surface area (Å²) in [5.74, 6) is 0.787. The van der Waals surface area contributed by atoms with E-state index < -0.39 is 0 Å². The Kier molecular flexibility index (Phi) is 5.01. The zero-order chi connectivity index (χ0) is 13.0. The summed E-state index contributed by atoms with van der Waals surface area (Å²) in [5, 5.41) is 3.22. The van der Waals surface area contributed by atoms with Gasteiger partial charge in [0.1, 0.15) is 0 Å². The van der Waals surface area contributed by atoms with Crippen LogP contribution < -0.4 is 16.8 Å². The fourth-order valence-corrected chi connectivity index (χ4v) is 3.41. The van der Waals surface area contributed by atoms with Gasteiger partial charge in [-0.1, -0.05) is 12.8 Å². The van der Waals surface area contributed by atoms with E-state index in [-0.39, 0.29) is 11.8 Å². The lowest BCUT2D eigenvalue weighted by atomic mass is 9.78. The van der Waals surface area contributed by atoms with Crippen molar-refractivity contribution in [3.05, 3.63) is 0 Å². The van der Waals surface area contributed by atoms with Gasteiger partial charge in [0.15, 0.2) is 0 Å². The molecule has 0 aromatic heterocycles. The van der Waals surface area contributed by atoms with E-state index in [0.717, 1.165) is 38.5 Å². The van der Waals surface area contributed by atoms with Crippen LogP contribution in [-0.2, 0) is 4.79 Å². The number of carbonyl (C=O) groups is 1. The summed E-state index contributed by atoms with van der Waals surface area (Å²) >= 11 is 0. The Hall–Kier alpha value is -0.610. The lowest BCUT2D eigenvalue weighted by molar-refractivity contribution is -0.128. The van der Waals surface area contributed by atoms with Crippen molar-refractivity contribution >= 4 is 5.91 Å². The molecule has 104 valence electrons. The highest BCUT2D eigenvalue weighted by Crippen LogP contribution is 2.30. The Morgan fingerprint density at radius 1 is 1.06 bits per heavy atom. The molecule has 4 heteroatoms. The average molecular weight is 253 g/mol. The SMILES string of the molecule is NCC1CCCCC1C(=O)NC1CCC(N)CC1. The molecule has 2 aliphatic rings. The van der Waals surface area contributed by atoms with Gasteiger partial charge < -0.3 is 16.8 Å². The molecule has 2 saturated carbocycles. The van der Waals surface area contributed by atoms with Crippen molar-refractivity contribution in [3.63, 3.8) is 0 Å². The quantitative estimate of drug-likeness (QED) is 0.705. The largest absolute Gasteiger partial charge is 0.353 e. The lowest BCUT2D eigenvalue weighted by Crippen LogP contribution is -2.46. The van der Waals surface area contributed by atoms with Gasteiger partial charge in [0.25, 0.3) is 0 Å². The molecule has 0 aromatic carbocycles. The van der Waals surface area contributed by atoms with E-state index in [1.165, 1.54) is 12.8 Å². The highest BCUT2D eigenvalue weighted by Gasteiger charge is 2.31. The average Bonchev–Trinajstić information content (AvgIpc) is 2.41. The van der Waals surface area contributed by atoms with E-state index in [0.29, 0.717) is 24.5 Å². The standard InChI is InChI=1S/C14H27N3O/c15-9-10-3-1-2-4-13(10)14(18)17-12-7-5-11(16)6-8-12/h10-13H,1-9,15-16H2,(H,17,18). The summed E-state index contributed by atoms with van der Waals surface area (Å²) < 4.78 is 0. The Bertz CT molecular complexity index is 274. The molecule has 0 saturated heterocycles. The molecule has 0 spiro atoms. The summed E-state index contributed by atoms with van der Waals surface area (Å²) in [6.07, 6.45) is 8.67. The van der Waals surface area contributed by atoms with Gasteiger partial charge in [0.05, 0.1) is 0 Å². The van der Waals surface area contributed by atoms with Gasteiger partial charge in [-0.3, -0.25) is 4.79 Å². The molecule has 5 N–H and O–H groups in total. The predicted molar refractivity (Wildman–Crippen MR) is 72.9 cm³/mol. The molecular formula is C14H27N3O. The molecule has 2 rings (SSSR count). The molecule has 18 heavy (non-hydrogen) atoms. The van der Waals surface area contributed by atoms with Crippen LogP contribution in [0, 0.1) is 11.8 Å². The summed E-state index contributed by atoms with van der Waals surface area (Å²) in [7, 11) is 0. The molecule has 0 aromatic rings. The zero-order valence-corrected chi connectivity index (χ0v) is 11.2. The maximum absolute atomic E-state index is 12.3. The highest BCUT2D eigenvalue weighted by molar-refractivity contribution is 5.79. The Morgan fingerprint density at radius 2 is 1.72 bits per heavy atom. The van der Waals surface area contributed by atoms with Gasteiger partial charge in [0, 0.05) is 18.0 Å². The van der Waals surface area contributed by atoms with Crippen LogP contribution in [0.4, 0.5) is 0 Å². The van der Waals surface area contributed by atoms with Crippen molar-refractivity contribution in [2.45, 2.75) is 63.5 Å². The topological polar surface area (TPSA) is 81.1 Å². The first-order valence-corrected chi connectivity index (χ1v) is 7.46. The first-order valence-electron chi connectivity index (χ1n) is 7.46. The number of amides is 1. The van der Waals surface area contributed by atoms with Crippen molar-refractivity contribution in [1.29, 1.82) is 0 Å². The molecule has 1 amide bonds. The minimum Gasteiger partial charge on any atom is -0.353 e. The van der Waals surface area contributed by atoms with Crippen molar-refractivity contribution in [3.8, 4) is 0 Å². The first-order chi connectivity index (χ1) is 8.70. The van der Waals surface area contributed by atoms with Gasteiger partial charge in [-0.2, -0.15) is 0 Å². The Morgan fingerprint density at radius 3 is 2.39 bits per heavy atom. The number of nitrogens with one attached hydrogen (secondary N) is 1. The van der Waals surface area contributed by atoms with E-state index in [9.17, 15) is 4.79 Å². The molecule has 2 atom stereocenters. The van der Waals surface area contributed by atoms with Crippen molar-refractivity contribution in [1.82, 2.24) is 5.32 Å². The number of hydrogen-bond donors (Lipinski definition) is 3. The van der Waals surface area contributed by atoms with Crippen LogP contribution in [0.1, 0.15) is 51.4 Å². The van der Waals surface area contributed by atoms with Crippen LogP contribution in [-0.4, -0.2) is 24.5 Å². The number of carbonyl (C=O) groups excluding carboxylic acids is 1. The zero-order valence-electron chi connectivity index (χ0n) is 11.2. The van der Waals surface area contributed by atoms with Crippen LogP contribution in [0.25, 0.3) is 0 Å². The molecule has 2 fully saturated rings. The van der Waals surface area contributed by atoms with Gasteiger partial charge >= 0.3 is 0 Å². The van der Waals surface area contributed by atoms with E-state index in [4.69, 9.17) is 11.5 Å². The molecule has 4 nitrogen and oxygen atoms in total. The van der Waals surface area contributed by atoms with Crippen LogP contribution in [0.5, 0.6) is 0 Å². The second-order valence-corrected chi connectivity index (χ2v) is 6.01. The Labute approximate surface area is 110 Å². The van der Waals surface area contributed by atoms with Crippen LogP contribution in [0.2, 0.25) is 0 Å². The second-order valence-electron chi connectivity index (χ2n) is 6.01. The molecule has 0 bridgehead atoms. The monoisotopic (exact) mass is 253 g/mol. The fraction of sp³-hybridized carbons (Fsp3) is 0.929. The number of rotatable bonds is 3. The van der Waals surface area contributed by atoms with Gasteiger partial charge in [0.2, 0.25) is 5.91 Å². The highest BCUT2D eigenvalue weighted by atomic mass is 16.2. The van der Waals surface area contributed by atoms with Gasteiger partial charge in [-0.05, 0) is 51.0 Å². The smallest absolute Gasteiger partial charge is 0.223 e. The fourth-order valence-electron chi connectivity index (χ4n) is 3.41. The molecule has 2 aliphatic carbocycles. The van der Waals surface area contributed by atoms with Crippen molar-refractivity contribution in [2.75, 3.05) is 6.54 Å². The van der Waals surface area contributed by atoms with Crippen molar-refractivity contribution < 1.29 is 4.79 Å². The Balaban J connectivity index is 1.82. The summed E-state index contributed by atoms with van der Waals surface area (Å²) in [6.45, 7) is 0.646. The van der Waals surface area contributed by atoms with Crippen LogP contribution in [0.3, 0.4) is 0 Å². The van der Waals surface area contributed by atoms with Crippen LogP contribution >= 0.6 is 0 Å². The van der Waals surface area contributed by atoms with Crippen LogP contribution in [0.15, 0.2) is 0 Å². The minimum atomic E-state index is 0.152. The number of nitrogens with two attached hydrogens (primary N) is 2. The van der Waals surface area contributed by atoms with E-state index in [1.54, 1.807) is 0 Å². The maximum atomic E-state index is 12.3. The number of hydrogen-bond acceptors (Lipinski definition) is 3. The third-order valence-corrected chi connectivity index (χ3v) is 4.67.